The average molecular weight is 447 g/mol. The Balaban J connectivity index is 1.69. The fourth-order valence-electron chi connectivity index (χ4n) is 3.13. The van der Waals surface area contributed by atoms with Gasteiger partial charge in [0.25, 0.3) is 0 Å². The van der Waals surface area contributed by atoms with Crippen molar-refractivity contribution >= 4 is 44.8 Å². The lowest BCUT2D eigenvalue weighted by atomic mass is 10.0. The van der Waals surface area contributed by atoms with Crippen LogP contribution in [0.15, 0.2) is 52.3 Å². The first-order valence-corrected chi connectivity index (χ1v) is 12.3. The molecule has 0 bridgehead atoms. The standard InChI is InChI=1S/C22H26N2O4S2/c1-13(2)16-5-7-17(8-6-16)23-21(25)11-14(3)30(27,28)18-9-10-20-19(12-18)24-22(26)15(4)29-20/h5-10,12-15H,11H2,1-4H3,(H,23,25)(H,24,26)/t14-,15-/m1/s1. The average Bonchev–Trinajstić information content (AvgIpc) is 2.68. The third-order valence-corrected chi connectivity index (χ3v) is 8.39. The first kappa shape index (κ1) is 22.4. The minimum Gasteiger partial charge on any atom is -0.326 e. The second-order valence-corrected chi connectivity index (χ2v) is 11.5. The molecule has 2 N–H and O–H groups in total. The van der Waals surface area contributed by atoms with Gasteiger partial charge in [-0.1, -0.05) is 26.0 Å². The van der Waals surface area contributed by atoms with Crippen molar-refractivity contribution in [1.82, 2.24) is 0 Å². The highest BCUT2D eigenvalue weighted by Crippen LogP contribution is 2.37. The van der Waals surface area contributed by atoms with Crippen molar-refractivity contribution in [2.45, 2.75) is 60.3 Å². The molecule has 0 fully saturated rings. The fourth-order valence-corrected chi connectivity index (χ4v) is 5.44. The molecule has 0 saturated carbocycles. The second-order valence-electron chi connectivity index (χ2n) is 7.79. The van der Waals surface area contributed by atoms with Gasteiger partial charge < -0.3 is 10.6 Å². The second kappa shape index (κ2) is 8.81. The van der Waals surface area contributed by atoms with Crippen molar-refractivity contribution in [2.75, 3.05) is 10.6 Å². The van der Waals surface area contributed by atoms with Crippen molar-refractivity contribution in [3.8, 4) is 0 Å². The van der Waals surface area contributed by atoms with Crippen molar-refractivity contribution in [2.24, 2.45) is 0 Å². The summed E-state index contributed by atoms with van der Waals surface area (Å²) in [5.41, 5.74) is 2.29. The Labute approximate surface area is 181 Å². The zero-order chi connectivity index (χ0) is 22.1. The van der Waals surface area contributed by atoms with Crippen LogP contribution in [0.25, 0.3) is 0 Å². The Bertz CT molecular complexity index is 1060. The molecule has 8 heteroatoms. The number of rotatable bonds is 6. The van der Waals surface area contributed by atoms with Crippen molar-refractivity contribution in [3.05, 3.63) is 48.0 Å². The molecule has 6 nitrogen and oxygen atoms in total. The summed E-state index contributed by atoms with van der Waals surface area (Å²) in [6, 6.07) is 12.2. The van der Waals surface area contributed by atoms with Crippen LogP contribution in [0.5, 0.6) is 0 Å². The van der Waals surface area contributed by atoms with Crippen LogP contribution in [0.1, 0.15) is 45.6 Å². The molecule has 2 amide bonds. The van der Waals surface area contributed by atoms with Crippen LogP contribution in [-0.2, 0) is 19.4 Å². The van der Waals surface area contributed by atoms with Gasteiger partial charge in [-0.05, 0) is 55.7 Å². The minimum absolute atomic E-state index is 0.0956. The Hall–Kier alpha value is -2.32. The van der Waals surface area contributed by atoms with Gasteiger partial charge in [0.1, 0.15) is 0 Å². The summed E-state index contributed by atoms with van der Waals surface area (Å²) >= 11 is 1.39. The number of anilines is 2. The highest BCUT2D eigenvalue weighted by molar-refractivity contribution is 8.01. The molecule has 160 valence electrons. The first-order chi connectivity index (χ1) is 14.1. The number of amides is 2. The highest BCUT2D eigenvalue weighted by atomic mass is 32.2. The van der Waals surface area contributed by atoms with Crippen LogP contribution in [0.4, 0.5) is 11.4 Å². The SMILES string of the molecule is CC(C)c1ccc(NC(=O)C[C@@H](C)S(=O)(=O)c2ccc3c(c2)NC(=O)[C@@H](C)S3)cc1. The van der Waals surface area contributed by atoms with Gasteiger partial charge in [-0.25, -0.2) is 8.42 Å². The van der Waals surface area contributed by atoms with Crippen LogP contribution in [0.2, 0.25) is 0 Å². The lowest BCUT2D eigenvalue weighted by Crippen LogP contribution is -2.27. The van der Waals surface area contributed by atoms with E-state index in [0.29, 0.717) is 17.3 Å². The predicted molar refractivity (Wildman–Crippen MR) is 121 cm³/mol. The van der Waals surface area contributed by atoms with Crippen molar-refractivity contribution in [3.63, 3.8) is 0 Å². The predicted octanol–water partition coefficient (Wildman–Crippen LogP) is 4.43. The molecular formula is C22H26N2O4S2. The number of nitrogens with one attached hydrogen (secondary N) is 2. The zero-order valence-electron chi connectivity index (χ0n) is 17.4. The number of thioether (sulfide) groups is 1. The number of carbonyl (C=O) groups is 2. The molecule has 0 aliphatic carbocycles. The Morgan fingerprint density at radius 3 is 2.43 bits per heavy atom. The molecule has 0 saturated heterocycles. The largest absolute Gasteiger partial charge is 0.326 e. The van der Waals surface area contributed by atoms with Gasteiger partial charge >= 0.3 is 0 Å². The van der Waals surface area contributed by atoms with Gasteiger partial charge in [-0.2, -0.15) is 0 Å². The van der Waals surface area contributed by atoms with E-state index in [1.54, 1.807) is 13.0 Å². The number of hydrogen-bond donors (Lipinski definition) is 2. The van der Waals surface area contributed by atoms with E-state index < -0.39 is 15.1 Å². The number of sulfone groups is 1. The number of carbonyl (C=O) groups excluding carboxylic acids is 2. The van der Waals surface area contributed by atoms with E-state index in [9.17, 15) is 18.0 Å². The van der Waals surface area contributed by atoms with E-state index >= 15 is 0 Å². The summed E-state index contributed by atoms with van der Waals surface area (Å²) in [6.45, 7) is 7.49. The maximum atomic E-state index is 13.0. The number of fused-ring (bicyclic) bond motifs is 1. The topological polar surface area (TPSA) is 92.3 Å². The molecule has 0 aromatic heterocycles. The summed E-state index contributed by atoms with van der Waals surface area (Å²) in [5, 5.41) is 4.37. The van der Waals surface area contributed by atoms with Gasteiger partial charge in [-0.15, -0.1) is 11.8 Å². The van der Waals surface area contributed by atoms with Crippen molar-refractivity contribution in [1.29, 1.82) is 0 Å². The molecule has 3 rings (SSSR count). The summed E-state index contributed by atoms with van der Waals surface area (Å²) < 4.78 is 25.9. The Morgan fingerprint density at radius 2 is 1.80 bits per heavy atom. The van der Waals surface area contributed by atoms with E-state index in [-0.39, 0.29) is 28.4 Å². The third kappa shape index (κ3) is 4.87. The molecule has 2 aromatic rings. The van der Waals surface area contributed by atoms with E-state index in [4.69, 9.17) is 0 Å². The molecule has 2 atom stereocenters. The lowest BCUT2D eigenvalue weighted by Gasteiger charge is -2.22. The molecule has 1 heterocycles. The van der Waals surface area contributed by atoms with E-state index in [1.165, 1.54) is 30.8 Å². The Kier molecular flexibility index (Phi) is 6.57. The van der Waals surface area contributed by atoms with Crippen molar-refractivity contribution < 1.29 is 18.0 Å². The van der Waals surface area contributed by atoms with Crippen LogP contribution >= 0.6 is 11.8 Å². The summed E-state index contributed by atoms with van der Waals surface area (Å²) in [4.78, 5) is 25.2. The lowest BCUT2D eigenvalue weighted by molar-refractivity contribution is -0.116. The monoisotopic (exact) mass is 446 g/mol. The molecule has 0 radical (unpaired) electrons. The van der Waals surface area contributed by atoms with Gasteiger partial charge in [0, 0.05) is 17.0 Å². The molecule has 1 aliphatic rings. The maximum Gasteiger partial charge on any atom is 0.237 e. The molecule has 0 spiro atoms. The maximum absolute atomic E-state index is 13.0. The smallest absolute Gasteiger partial charge is 0.237 e. The molecule has 0 unspecified atom stereocenters. The van der Waals surface area contributed by atoms with E-state index in [1.807, 2.05) is 24.3 Å². The molecule has 1 aliphatic heterocycles. The Morgan fingerprint density at radius 1 is 1.13 bits per heavy atom. The van der Waals surface area contributed by atoms with Gasteiger partial charge in [0.2, 0.25) is 11.8 Å². The van der Waals surface area contributed by atoms with Gasteiger partial charge in [0.15, 0.2) is 9.84 Å². The minimum atomic E-state index is -3.73. The summed E-state index contributed by atoms with van der Waals surface area (Å²) in [6.07, 6.45) is -0.163. The van der Waals surface area contributed by atoms with Gasteiger partial charge in [-0.3, -0.25) is 9.59 Å². The normalized spacial score (nSPS) is 17.2. The van der Waals surface area contributed by atoms with Gasteiger partial charge in [0.05, 0.1) is 21.1 Å². The van der Waals surface area contributed by atoms with Crippen LogP contribution in [0.3, 0.4) is 0 Å². The quantitative estimate of drug-likeness (QED) is 0.685. The number of benzene rings is 2. The van der Waals surface area contributed by atoms with Crippen LogP contribution < -0.4 is 10.6 Å². The third-order valence-electron chi connectivity index (χ3n) is 5.07. The van der Waals surface area contributed by atoms with Crippen LogP contribution in [0, 0.1) is 0 Å². The molecule has 2 aromatic carbocycles. The van der Waals surface area contributed by atoms with Crippen LogP contribution in [-0.4, -0.2) is 30.7 Å². The first-order valence-electron chi connectivity index (χ1n) is 9.83. The molecule has 30 heavy (non-hydrogen) atoms. The zero-order valence-corrected chi connectivity index (χ0v) is 19.1. The summed E-state index contributed by atoms with van der Waals surface area (Å²) in [5.74, 6) is -0.125. The summed E-state index contributed by atoms with van der Waals surface area (Å²) in [7, 11) is -3.73. The fraction of sp³-hybridized carbons (Fsp3) is 0.364. The van der Waals surface area contributed by atoms with E-state index in [0.717, 1.165) is 10.5 Å². The molecular weight excluding hydrogens is 420 g/mol. The number of hydrogen-bond acceptors (Lipinski definition) is 5. The highest BCUT2D eigenvalue weighted by Gasteiger charge is 2.29. The van der Waals surface area contributed by atoms with E-state index in [2.05, 4.69) is 24.5 Å².